The molecule has 0 radical (unpaired) electrons. The van der Waals surface area contributed by atoms with Crippen molar-refractivity contribution in [1.82, 2.24) is 19.9 Å². The lowest BCUT2D eigenvalue weighted by atomic mass is 9.84. The Labute approximate surface area is 127 Å². The molecule has 3 rings (SSSR count). The van der Waals surface area contributed by atoms with Crippen LogP contribution in [0.5, 0.6) is 0 Å². The molecule has 1 aromatic heterocycles. The first-order valence-corrected chi connectivity index (χ1v) is 8.54. The van der Waals surface area contributed by atoms with Crippen LogP contribution >= 0.6 is 0 Å². The standard InChI is InChI=1S/C16H29N5/c1-2-20-13-10-18-15(20)14(19-17)16(8-4-5-9-16)21-11-6-3-7-12-21/h10,13-14,19H,2-9,11-12,17H2,1H3. The lowest BCUT2D eigenvalue weighted by molar-refractivity contribution is 0.0323. The summed E-state index contributed by atoms with van der Waals surface area (Å²) in [7, 11) is 0. The summed E-state index contributed by atoms with van der Waals surface area (Å²) in [6.45, 7) is 5.54. The van der Waals surface area contributed by atoms with Gasteiger partial charge in [0.25, 0.3) is 0 Å². The van der Waals surface area contributed by atoms with E-state index in [-0.39, 0.29) is 11.6 Å². The van der Waals surface area contributed by atoms with E-state index < -0.39 is 0 Å². The van der Waals surface area contributed by atoms with Crippen LogP contribution in [0.4, 0.5) is 0 Å². The predicted molar refractivity (Wildman–Crippen MR) is 84.6 cm³/mol. The zero-order valence-electron chi connectivity index (χ0n) is 13.2. The van der Waals surface area contributed by atoms with Gasteiger partial charge in [0.2, 0.25) is 0 Å². The molecule has 1 aromatic rings. The number of piperidine rings is 1. The summed E-state index contributed by atoms with van der Waals surface area (Å²) < 4.78 is 2.23. The number of imidazole rings is 1. The Morgan fingerprint density at radius 3 is 2.57 bits per heavy atom. The van der Waals surface area contributed by atoms with Crippen molar-refractivity contribution in [3.8, 4) is 0 Å². The van der Waals surface area contributed by atoms with Crippen molar-refractivity contribution in [2.24, 2.45) is 5.84 Å². The van der Waals surface area contributed by atoms with Crippen LogP contribution in [0, 0.1) is 0 Å². The smallest absolute Gasteiger partial charge is 0.129 e. The van der Waals surface area contributed by atoms with Gasteiger partial charge in [0.1, 0.15) is 5.82 Å². The molecule has 2 fully saturated rings. The molecule has 0 bridgehead atoms. The average Bonchev–Trinajstić information content (AvgIpc) is 3.19. The molecule has 3 N–H and O–H groups in total. The Morgan fingerprint density at radius 1 is 1.24 bits per heavy atom. The Bertz CT molecular complexity index is 443. The van der Waals surface area contributed by atoms with E-state index in [9.17, 15) is 0 Å². The van der Waals surface area contributed by atoms with Gasteiger partial charge in [-0.3, -0.25) is 10.7 Å². The number of hydrazine groups is 1. The van der Waals surface area contributed by atoms with Gasteiger partial charge in [-0.2, -0.15) is 0 Å². The molecule has 0 amide bonds. The predicted octanol–water partition coefficient (Wildman–Crippen LogP) is 2.21. The third-order valence-corrected chi connectivity index (χ3v) is 5.51. The van der Waals surface area contributed by atoms with Gasteiger partial charge in [0.05, 0.1) is 6.04 Å². The zero-order valence-corrected chi connectivity index (χ0v) is 13.2. The second-order valence-electron chi connectivity index (χ2n) is 6.53. The molecule has 118 valence electrons. The topological polar surface area (TPSA) is 59.1 Å². The Kier molecular flexibility index (Phi) is 4.62. The molecule has 5 nitrogen and oxygen atoms in total. The van der Waals surface area contributed by atoms with Crippen LogP contribution < -0.4 is 11.3 Å². The maximum Gasteiger partial charge on any atom is 0.129 e. The molecule has 2 aliphatic rings. The Morgan fingerprint density at radius 2 is 1.95 bits per heavy atom. The molecular formula is C16H29N5. The summed E-state index contributed by atoms with van der Waals surface area (Å²) in [5, 5.41) is 0. The molecule has 0 aromatic carbocycles. The monoisotopic (exact) mass is 291 g/mol. The van der Waals surface area contributed by atoms with Crippen LogP contribution in [-0.2, 0) is 6.54 Å². The third kappa shape index (κ3) is 2.62. The van der Waals surface area contributed by atoms with Gasteiger partial charge < -0.3 is 4.57 Å². The van der Waals surface area contributed by atoms with Crippen LogP contribution in [0.2, 0.25) is 0 Å². The summed E-state index contributed by atoms with van der Waals surface area (Å²) in [6, 6.07) is 0.132. The molecule has 1 unspecified atom stereocenters. The second-order valence-corrected chi connectivity index (χ2v) is 6.53. The van der Waals surface area contributed by atoms with Crippen LogP contribution in [0.25, 0.3) is 0 Å². The van der Waals surface area contributed by atoms with E-state index >= 15 is 0 Å². The minimum absolute atomic E-state index is 0.132. The van der Waals surface area contributed by atoms with Crippen molar-refractivity contribution >= 4 is 0 Å². The highest BCUT2D eigenvalue weighted by atomic mass is 15.3. The first kappa shape index (κ1) is 15.0. The van der Waals surface area contributed by atoms with Gasteiger partial charge in [-0.05, 0) is 45.7 Å². The van der Waals surface area contributed by atoms with Crippen molar-refractivity contribution in [2.45, 2.75) is 70.0 Å². The van der Waals surface area contributed by atoms with E-state index in [0.29, 0.717) is 0 Å². The zero-order chi connectivity index (χ0) is 14.7. The molecule has 2 heterocycles. The highest BCUT2D eigenvalue weighted by Crippen LogP contribution is 2.44. The lowest BCUT2D eigenvalue weighted by Gasteiger charge is -2.47. The molecule has 21 heavy (non-hydrogen) atoms. The first-order valence-electron chi connectivity index (χ1n) is 8.54. The van der Waals surface area contributed by atoms with Crippen molar-refractivity contribution in [1.29, 1.82) is 0 Å². The molecule has 0 spiro atoms. The minimum Gasteiger partial charge on any atom is -0.334 e. The number of hydrogen-bond acceptors (Lipinski definition) is 4. The largest absolute Gasteiger partial charge is 0.334 e. The summed E-state index contributed by atoms with van der Waals surface area (Å²) in [5.41, 5.74) is 3.29. The fourth-order valence-electron chi connectivity index (χ4n) is 4.43. The fourth-order valence-corrected chi connectivity index (χ4v) is 4.43. The summed E-state index contributed by atoms with van der Waals surface area (Å²) >= 11 is 0. The number of hydrogen-bond donors (Lipinski definition) is 2. The van der Waals surface area contributed by atoms with Crippen LogP contribution in [0.3, 0.4) is 0 Å². The molecule has 1 saturated heterocycles. The third-order valence-electron chi connectivity index (χ3n) is 5.51. The van der Waals surface area contributed by atoms with Gasteiger partial charge in [0.15, 0.2) is 0 Å². The molecule has 1 aliphatic carbocycles. The molecule has 1 aliphatic heterocycles. The first-order chi connectivity index (χ1) is 10.3. The van der Waals surface area contributed by atoms with Gasteiger partial charge in [0, 0.05) is 24.5 Å². The maximum absolute atomic E-state index is 6.03. The summed E-state index contributed by atoms with van der Waals surface area (Å²) in [5.74, 6) is 7.13. The average molecular weight is 291 g/mol. The SMILES string of the molecule is CCn1ccnc1C(NN)C1(N2CCCCC2)CCCC1. The van der Waals surface area contributed by atoms with Crippen molar-refractivity contribution in [3.63, 3.8) is 0 Å². The van der Waals surface area contributed by atoms with Crippen molar-refractivity contribution in [3.05, 3.63) is 18.2 Å². The van der Waals surface area contributed by atoms with Crippen molar-refractivity contribution in [2.75, 3.05) is 13.1 Å². The molecule has 1 saturated carbocycles. The van der Waals surface area contributed by atoms with E-state index in [2.05, 4.69) is 33.0 Å². The molecule has 5 heteroatoms. The maximum atomic E-state index is 6.03. The highest BCUT2D eigenvalue weighted by Gasteiger charge is 2.47. The van der Waals surface area contributed by atoms with Crippen LogP contribution in [0.15, 0.2) is 12.4 Å². The van der Waals surface area contributed by atoms with E-state index in [4.69, 9.17) is 5.84 Å². The van der Waals surface area contributed by atoms with E-state index in [1.165, 1.54) is 58.0 Å². The number of nitrogens with zero attached hydrogens (tertiary/aromatic N) is 3. The highest BCUT2D eigenvalue weighted by molar-refractivity contribution is 5.13. The number of nitrogens with two attached hydrogens (primary N) is 1. The lowest BCUT2D eigenvalue weighted by Crippen LogP contribution is -2.58. The van der Waals surface area contributed by atoms with Gasteiger partial charge in [-0.15, -0.1) is 0 Å². The molecular weight excluding hydrogens is 262 g/mol. The normalized spacial score (nSPS) is 24.3. The van der Waals surface area contributed by atoms with E-state index in [1.54, 1.807) is 0 Å². The van der Waals surface area contributed by atoms with Gasteiger partial charge >= 0.3 is 0 Å². The number of likely N-dealkylation sites (tertiary alicyclic amines) is 1. The van der Waals surface area contributed by atoms with E-state index in [1.807, 2.05) is 6.20 Å². The van der Waals surface area contributed by atoms with Gasteiger partial charge in [-0.25, -0.2) is 10.4 Å². The summed E-state index contributed by atoms with van der Waals surface area (Å²) in [4.78, 5) is 7.35. The number of rotatable bonds is 5. The number of aryl methyl sites for hydroxylation is 1. The van der Waals surface area contributed by atoms with E-state index in [0.717, 1.165) is 12.4 Å². The van der Waals surface area contributed by atoms with Crippen molar-refractivity contribution < 1.29 is 0 Å². The van der Waals surface area contributed by atoms with Crippen LogP contribution in [0.1, 0.15) is 63.7 Å². The Balaban J connectivity index is 1.94. The number of aromatic nitrogens is 2. The second kappa shape index (κ2) is 6.46. The molecule has 1 atom stereocenters. The number of nitrogens with one attached hydrogen (secondary N) is 1. The van der Waals surface area contributed by atoms with Gasteiger partial charge in [-0.1, -0.05) is 19.3 Å². The fraction of sp³-hybridized carbons (Fsp3) is 0.812. The minimum atomic E-state index is 0.132. The summed E-state index contributed by atoms with van der Waals surface area (Å²) in [6.07, 6.45) is 13.1. The quantitative estimate of drug-likeness (QED) is 0.645. The van der Waals surface area contributed by atoms with Crippen LogP contribution in [-0.4, -0.2) is 33.1 Å². The Hall–Kier alpha value is -0.910.